The molecule has 134 valence electrons. The summed E-state index contributed by atoms with van der Waals surface area (Å²) in [6, 6.07) is 6.43. The third-order valence-corrected chi connectivity index (χ3v) is 4.68. The summed E-state index contributed by atoms with van der Waals surface area (Å²) in [5.41, 5.74) is 0.761. The third kappa shape index (κ3) is 5.80. The van der Waals surface area contributed by atoms with Gasteiger partial charge >= 0.3 is 5.97 Å². The molecule has 0 bridgehead atoms. The SMILES string of the molecule is CC(NCCCOC(=O)C1CCCCC1)C(O)c1ccc(O)cc1. The highest BCUT2D eigenvalue weighted by Gasteiger charge is 2.22. The van der Waals surface area contributed by atoms with Crippen molar-refractivity contribution in [1.82, 2.24) is 5.32 Å². The fourth-order valence-electron chi connectivity index (χ4n) is 3.10. The minimum atomic E-state index is -0.643. The zero-order valence-corrected chi connectivity index (χ0v) is 14.4. The lowest BCUT2D eigenvalue weighted by Crippen LogP contribution is -2.33. The van der Waals surface area contributed by atoms with Crippen molar-refractivity contribution in [1.29, 1.82) is 0 Å². The van der Waals surface area contributed by atoms with E-state index in [4.69, 9.17) is 4.74 Å². The van der Waals surface area contributed by atoms with E-state index in [0.29, 0.717) is 13.2 Å². The summed E-state index contributed by atoms with van der Waals surface area (Å²) in [5.74, 6) is 0.236. The number of aliphatic hydroxyl groups is 1. The van der Waals surface area contributed by atoms with E-state index in [2.05, 4.69) is 5.32 Å². The van der Waals surface area contributed by atoms with Crippen molar-refractivity contribution in [3.8, 4) is 5.75 Å². The lowest BCUT2D eigenvalue weighted by Gasteiger charge is -2.21. The number of nitrogens with one attached hydrogen (secondary N) is 1. The number of carbonyl (C=O) groups is 1. The number of hydrogen-bond acceptors (Lipinski definition) is 5. The zero-order chi connectivity index (χ0) is 17.4. The summed E-state index contributed by atoms with van der Waals surface area (Å²) in [4.78, 5) is 11.9. The highest BCUT2D eigenvalue weighted by atomic mass is 16.5. The molecule has 2 atom stereocenters. The van der Waals surface area contributed by atoms with Gasteiger partial charge in [-0.2, -0.15) is 0 Å². The van der Waals surface area contributed by atoms with E-state index in [1.807, 2.05) is 6.92 Å². The van der Waals surface area contributed by atoms with E-state index < -0.39 is 6.10 Å². The molecular weight excluding hydrogens is 306 g/mol. The first-order chi connectivity index (χ1) is 11.6. The van der Waals surface area contributed by atoms with Crippen LogP contribution < -0.4 is 5.32 Å². The van der Waals surface area contributed by atoms with Crippen LogP contribution in [0.25, 0.3) is 0 Å². The summed E-state index contributed by atoms with van der Waals surface area (Å²) in [6.07, 6.45) is 5.51. The molecule has 5 nitrogen and oxygen atoms in total. The first-order valence-electron chi connectivity index (χ1n) is 8.95. The van der Waals surface area contributed by atoms with Crippen molar-refractivity contribution < 1.29 is 19.7 Å². The number of benzene rings is 1. The van der Waals surface area contributed by atoms with Gasteiger partial charge in [-0.1, -0.05) is 31.4 Å². The monoisotopic (exact) mass is 335 g/mol. The molecule has 2 unspecified atom stereocenters. The Morgan fingerprint density at radius 3 is 2.58 bits per heavy atom. The van der Waals surface area contributed by atoms with E-state index in [1.54, 1.807) is 24.3 Å². The normalized spacial score (nSPS) is 18.1. The van der Waals surface area contributed by atoms with E-state index in [1.165, 1.54) is 6.42 Å². The van der Waals surface area contributed by atoms with Crippen LogP contribution in [0.4, 0.5) is 0 Å². The number of hydrogen-bond donors (Lipinski definition) is 3. The molecule has 1 aromatic rings. The molecule has 0 saturated heterocycles. The maximum absolute atomic E-state index is 11.9. The van der Waals surface area contributed by atoms with Crippen molar-refractivity contribution in [3.05, 3.63) is 29.8 Å². The van der Waals surface area contributed by atoms with Gasteiger partial charge in [0.15, 0.2) is 0 Å². The molecule has 5 heteroatoms. The van der Waals surface area contributed by atoms with Crippen LogP contribution in [-0.2, 0) is 9.53 Å². The fourth-order valence-corrected chi connectivity index (χ4v) is 3.10. The quantitative estimate of drug-likeness (QED) is 0.503. The molecule has 1 fully saturated rings. The van der Waals surface area contributed by atoms with Crippen LogP contribution in [0.15, 0.2) is 24.3 Å². The summed E-state index contributed by atoms with van der Waals surface area (Å²) in [5, 5.41) is 22.8. The molecule has 1 saturated carbocycles. The molecule has 0 spiro atoms. The molecule has 1 aliphatic carbocycles. The van der Waals surface area contributed by atoms with Crippen molar-refractivity contribution in [2.45, 2.75) is 57.6 Å². The van der Waals surface area contributed by atoms with Gasteiger partial charge in [0.2, 0.25) is 0 Å². The standard InChI is InChI=1S/C19H29NO4/c1-14(18(22)15-8-10-17(21)11-9-15)20-12-5-13-24-19(23)16-6-3-2-4-7-16/h8-11,14,16,18,20-22H,2-7,12-13H2,1H3. The third-order valence-electron chi connectivity index (χ3n) is 4.68. The second kappa shape index (κ2) is 9.64. The maximum Gasteiger partial charge on any atom is 0.308 e. The Kier molecular flexibility index (Phi) is 7.53. The van der Waals surface area contributed by atoms with Crippen molar-refractivity contribution >= 4 is 5.97 Å². The molecule has 24 heavy (non-hydrogen) atoms. The van der Waals surface area contributed by atoms with Crippen LogP contribution in [-0.4, -0.2) is 35.4 Å². The number of aromatic hydroxyl groups is 1. The van der Waals surface area contributed by atoms with Gasteiger partial charge in [-0.3, -0.25) is 4.79 Å². The second-order valence-corrected chi connectivity index (χ2v) is 6.64. The lowest BCUT2D eigenvalue weighted by atomic mass is 9.89. The number of carbonyl (C=O) groups excluding carboxylic acids is 1. The fraction of sp³-hybridized carbons (Fsp3) is 0.632. The lowest BCUT2D eigenvalue weighted by molar-refractivity contribution is -0.149. The van der Waals surface area contributed by atoms with Gasteiger partial charge in [0, 0.05) is 6.04 Å². The van der Waals surface area contributed by atoms with Crippen LogP contribution in [0.5, 0.6) is 5.75 Å². The Labute approximate surface area is 144 Å². The number of phenols is 1. The van der Waals surface area contributed by atoms with E-state index in [0.717, 1.165) is 37.7 Å². The van der Waals surface area contributed by atoms with Crippen LogP contribution in [0.3, 0.4) is 0 Å². The van der Waals surface area contributed by atoms with Gasteiger partial charge in [0.05, 0.1) is 18.6 Å². The molecule has 0 amide bonds. The molecule has 0 aromatic heterocycles. The highest BCUT2D eigenvalue weighted by Crippen LogP contribution is 2.24. The molecule has 1 aliphatic rings. The number of aliphatic hydroxyl groups excluding tert-OH is 1. The van der Waals surface area contributed by atoms with E-state index in [9.17, 15) is 15.0 Å². The van der Waals surface area contributed by atoms with Gasteiger partial charge in [-0.15, -0.1) is 0 Å². The van der Waals surface area contributed by atoms with Gasteiger partial charge in [0.1, 0.15) is 5.75 Å². The Balaban J connectivity index is 1.61. The first kappa shape index (κ1) is 18.7. The molecule has 1 aromatic carbocycles. The minimum absolute atomic E-state index is 0.0492. The molecule has 3 N–H and O–H groups in total. The molecule has 2 rings (SSSR count). The van der Waals surface area contributed by atoms with Crippen LogP contribution in [0, 0.1) is 5.92 Å². The van der Waals surface area contributed by atoms with Gasteiger partial charge in [0.25, 0.3) is 0 Å². The average Bonchev–Trinajstić information content (AvgIpc) is 2.62. The second-order valence-electron chi connectivity index (χ2n) is 6.64. The predicted molar refractivity (Wildman–Crippen MR) is 92.7 cm³/mol. The maximum atomic E-state index is 11.9. The number of phenolic OH excluding ortho intramolecular Hbond substituents is 1. The average molecular weight is 335 g/mol. The molecule has 0 radical (unpaired) electrons. The van der Waals surface area contributed by atoms with Gasteiger partial charge in [-0.25, -0.2) is 0 Å². The minimum Gasteiger partial charge on any atom is -0.508 e. The van der Waals surface area contributed by atoms with Crippen LogP contribution >= 0.6 is 0 Å². The Hall–Kier alpha value is -1.59. The molecular formula is C19H29NO4. The van der Waals surface area contributed by atoms with Crippen molar-refractivity contribution in [2.75, 3.05) is 13.2 Å². The number of esters is 1. The molecule has 0 aliphatic heterocycles. The Bertz CT molecular complexity index is 497. The molecule has 0 heterocycles. The Morgan fingerprint density at radius 2 is 1.92 bits per heavy atom. The van der Waals surface area contributed by atoms with Crippen molar-refractivity contribution in [3.63, 3.8) is 0 Å². The highest BCUT2D eigenvalue weighted by molar-refractivity contribution is 5.72. The number of ether oxygens (including phenoxy) is 1. The topological polar surface area (TPSA) is 78.8 Å². The summed E-state index contributed by atoms with van der Waals surface area (Å²) < 4.78 is 5.35. The smallest absolute Gasteiger partial charge is 0.308 e. The van der Waals surface area contributed by atoms with E-state index in [-0.39, 0.29) is 23.7 Å². The van der Waals surface area contributed by atoms with Crippen LogP contribution in [0.1, 0.15) is 57.1 Å². The zero-order valence-electron chi connectivity index (χ0n) is 14.4. The van der Waals surface area contributed by atoms with Gasteiger partial charge in [-0.05, 0) is 50.4 Å². The summed E-state index contributed by atoms with van der Waals surface area (Å²) >= 11 is 0. The summed E-state index contributed by atoms with van der Waals surface area (Å²) in [6.45, 7) is 3.00. The number of rotatable bonds is 8. The largest absolute Gasteiger partial charge is 0.508 e. The van der Waals surface area contributed by atoms with E-state index >= 15 is 0 Å². The van der Waals surface area contributed by atoms with Gasteiger partial charge < -0.3 is 20.3 Å². The predicted octanol–water partition coefficient (Wildman–Crippen LogP) is 2.92. The van der Waals surface area contributed by atoms with Crippen molar-refractivity contribution in [2.24, 2.45) is 5.92 Å². The van der Waals surface area contributed by atoms with Crippen LogP contribution in [0.2, 0.25) is 0 Å². The Morgan fingerprint density at radius 1 is 1.25 bits per heavy atom. The summed E-state index contributed by atoms with van der Waals surface area (Å²) in [7, 11) is 0. The first-order valence-corrected chi connectivity index (χ1v) is 8.95.